The van der Waals surface area contributed by atoms with Crippen LogP contribution >= 0.6 is 11.6 Å². The molecule has 0 N–H and O–H groups in total. The Hall–Kier alpha value is -4.27. The molecule has 0 saturated carbocycles. The van der Waals surface area contributed by atoms with Crippen LogP contribution in [0.3, 0.4) is 0 Å². The van der Waals surface area contributed by atoms with E-state index < -0.39 is 5.41 Å². The van der Waals surface area contributed by atoms with Gasteiger partial charge in [0.25, 0.3) is 0 Å². The zero-order valence-electron chi connectivity index (χ0n) is 19.4. The summed E-state index contributed by atoms with van der Waals surface area (Å²) in [5.74, 6) is 0. The third kappa shape index (κ3) is 2.98. The van der Waals surface area contributed by atoms with Gasteiger partial charge in [0.15, 0.2) is 5.15 Å². The lowest BCUT2D eigenvalue weighted by atomic mass is 9.67. The van der Waals surface area contributed by atoms with Gasteiger partial charge in [-0.05, 0) is 51.6 Å². The van der Waals surface area contributed by atoms with Gasteiger partial charge in [-0.1, -0.05) is 121 Å². The fraction of sp³-hybridized carbons (Fsp3) is 0.0303. The number of benzene rings is 5. The van der Waals surface area contributed by atoms with Crippen molar-refractivity contribution < 1.29 is 0 Å². The smallest absolute Gasteiger partial charge is 0.156 e. The standard InChI is InChI=1S/C33H21ClN2/c34-32-31(35-29-17-9-10-18-30(29)36-32)22-19-20-28-26(21-22)25-15-7-8-16-27(25)33(28,23-11-3-1-4-12-23)24-13-5-2-6-14-24/h1-21H. The highest BCUT2D eigenvalue weighted by Gasteiger charge is 2.45. The molecule has 0 saturated heterocycles. The van der Waals surface area contributed by atoms with Crippen LogP contribution in [0.1, 0.15) is 22.3 Å². The van der Waals surface area contributed by atoms with Gasteiger partial charge in [-0.3, -0.25) is 0 Å². The van der Waals surface area contributed by atoms with Crippen molar-refractivity contribution in [3.63, 3.8) is 0 Å². The number of halogens is 1. The van der Waals surface area contributed by atoms with Crippen molar-refractivity contribution >= 4 is 22.6 Å². The molecular formula is C33H21ClN2. The van der Waals surface area contributed by atoms with Gasteiger partial charge >= 0.3 is 0 Å². The Morgan fingerprint density at radius 1 is 0.500 bits per heavy atom. The van der Waals surface area contributed by atoms with Crippen LogP contribution in [0.15, 0.2) is 127 Å². The first-order valence-electron chi connectivity index (χ1n) is 12.0. The Bertz CT molecular complexity index is 1700. The fourth-order valence-electron chi connectivity index (χ4n) is 5.76. The van der Waals surface area contributed by atoms with Crippen LogP contribution in [-0.2, 0) is 5.41 Å². The van der Waals surface area contributed by atoms with Crippen LogP contribution in [0.5, 0.6) is 0 Å². The van der Waals surface area contributed by atoms with E-state index in [4.69, 9.17) is 16.6 Å². The molecule has 2 nitrogen and oxygen atoms in total. The maximum Gasteiger partial charge on any atom is 0.156 e. The van der Waals surface area contributed by atoms with Crippen molar-refractivity contribution in [3.8, 4) is 22.4 Å². The lowest BCUT2D eigenvalue weighted by molar-refractivity contribution is 0.768. The number of aromatic nitrogens is 2. The van der Waals surface area contributed by atoms with Gasteiger partial charge in [-0.15, -0.1) is 0 Å². The van der Waals surface area contributed by atoms with Gasteiger partial charge in [0.1, 0.15) is 5.69 Å². The van der Waals surface area contributed by atoms with E-state index in [2.05, 4.69) is 108 Å². The van der Waals surface area contributed by atoms with Gasteiger partial charge in [-0.2, -0.15) is 0 Å². The second-order valence-corrected chi connectivity index (χ2v) is 9.50. The van der Waals surface area contributed by atoms with Crippen LogP contribution in [-0.4, -0.2) is 9.97 Å². The number of fused-ring (bicyclic) bond motifs is 4. The first-order chi connectivity index (χ1) is 17.8. The summed E-state index contributed by atoms with van der Waals surface area (Å²) < 4.78 is 0. The van der Waals surface area contributed by atoms with Crippen LogP contribution in [0.4, 0.5) is 0 Å². The molecule has 0 radical (unpaired) electrons. The lowest BCUT2D eigenvalue weighted by Gasteiger charge is -2.33. The van der Waals surface area contributed by atoms with Crippen molar-refractivity contribution in [2.75, 3.05) is 0 Å². The van der Waals surface area contributed by atoms with E-state index in [1.54, 1.807) is 0 Å². The van der Waals surface area contributed by atoms with E-state index in [9.17, 15) is 0 Å². The van der Waals surface area contributed by atoms with E-state index in [0.29, 0.717) is 10.8 Å². The molecule has 0 amide bonds. The minimum Gasteiger partial charge on any atom is -0.243 e. The predicted molar refractivity (Wildman–Crippen MR) is 147 cm³/mol. The zero-order chi connectivity index (χ0) is 24.1. The number of para-hydroxylation sites is 2. The molecule has 0 bridgehead atoms. The fourth-order valence-corrected chi connectivity index (χ4v) is 6.00. The summed E-state index contributed by atoms with van der Waals surface area (Å²) in [5.41, 5.74) is 10.3. The molecule has 0 unspecified atom stereocenters. The maximum atomic E-state index is 6.66. The second-order valence-electron chi connectivity index (χ2n) is 9.14. The van der Waals surface area contributed by atoms with Crippen molar-refractivity contribution in [1.82, 2.24) is 9.97 Å². The number of hydrogen-bond acceptors (Lipinski definition) is 2. The van der Waals surface area contributed by atoms with Crippen molar-refractivity contribution in [2.45, 2.75) is 5.41 Å². The quantitative estimate of drug-likeness (QED) is 0.254. The van der Waals surface area contributed by atoms with Crippen LogP contribution in [0, 0.1) is 0 Å². The van der Waals surface area contributed by atoms with Crippen LogP contribution in [0.25, 0.3) is 33.4 Å². The maximum absolute atomic E-state index is 6.66. The molecule has 1 aliphatic carbocycles. The highest BCUT2D eigenvalue weighted by atomic mass is 35.5. The summed E-state index contributed by atoms with van der Waals surface area (Å²) in [6.07, 6.45) is 0. The van der Waals surface area contributed by atoms with E-state index in [1.165, 1.54) is 33.4 Å². The highest BCUT2D eigenvalue weighted by Crippen LogP contribution is 2.56. The zero-order valence-corrected chi connectivity index (χ0v) is 20.2. The average molecular weight is 481 g/mol. The summed E-state index contributed by atoms with van der Waals surface area (Å²) in [5, 5.41) is 0.414. The Morgan fingerprint density at radius 2 is 1.06 bits per heavy atom. The first kappa shape index (κ1) is 21.0. The van der Waals surface area contributed by atoms with Crippen molar-refractivity contribution in [1.29, 1.82) is 0 Å². The lowest BCUT2D eigenvalue weighted by Crippen LogP contribution is -2.28. The third-order valence-electron chi connectivity index (χ3n) is 7.26. The normalized spacial score (nSPS) is 13.4. The molecule has 36 heavy (non-hydrogen) atoms. The molecular weight excluding hydrogens is 460 g/mol. The van der Waals surface area contributed by atoms with Crippen LogP contribution in [0.2, 0.25) is 5.15 Å². The predicted octanol–water partition coefficient (Wildman–Crippen LogP) is 8.31. The Balaban J connectivity index is 1.53. The number of hydrogen-bond donors (Lipinski definition) is 0. The summed E-state index contributed by atoms with van der Waals surface area (Å²) in [6.45, 7) is 0. The van der Waals surface area contributed by atoms with Gasteiger partial charge in [0, 0.05) is 5.56 Å². The third-order valence-corrected chi connectivity index (χ3v) is 7.52. The molecule has 7 rings (SSSR count). The molecule has 5 aromatic carbocycles. The Kier molecular flexibility index (Phi) is 4.77. The topological polar surface area (TPSA) is 25.8 Å². The van der Waals surface area contributed by atoms with Gasteiger partial charge < -0.3 is 0 Å². The number of rotatable bonds is 3. The second kappa shape index (κ2) is 8.15. The minimum absolute atomic E-state index is 0.411. The first-order valence-corrected chi connectivity index (χ1v) is 12.4. The number of nitrogens with zero attached hydrogens (tertiary/aromatic N) is 2. The monoisotopic (exact) mass is 480 g/mol. The highest BCUT2D eigenvalue weighted by molar-refractivity contribution is 6.32. The molecule has 6 aromatic rings. The molecule has 0 spiro atoms. The summed E-state index contributed by atoms with van der Waals surface area (Å²) in [7, 11) is 0. The largest absolute Gasteiger partial charge is 0.243 e. The summed E-state index contributed by atoms with van der Waals surface area (Å²) in [4.78, 5) is 9.50. The van der Waals surface area contributed by atoms with Gasteiger partial charge in [0.2, 0.25) is 0 Å². The average Bonchev–Trinajstić information content (AvgIpc) is 3.24. The minimum atomic E-state index is -0.411. The van der Waals surface area contributed by atoms with Crippen molar-refractivity contribution in [3.05, 3.63) is 155 Å². The SMILES string of the molecule is Clc1nc2ccccc2nc1-c1ccc2c(c1)-c1ccccc1C2(c1ccccc1)c1ccccc1. The molecule has 1 heterocycles. The molecule has 1 aromatic heterocycles. The molecule has 0 fully saturated rings. The summed E-state index contributed by atoms with van der Waals surface area (Å²) >= 11 is 6.66. The molecule has 1 aliphatic rings. The van der Waals surface area contributed by atoms with Crippen molar-refractivity contribution in [2.24, 2.45) is 0 Å². The van der Waals surface area contributed by atoms with E-state index in [-0.39, 0.29) is 0 Å². The van der Waals surface area contributed by atoms with Crippen LogP contribution < -0.4 is 0 Å². The van der Waals surface area contributed by atoms with Gasteiger partial charge in [-0.25, -0.2) is 9.97 Å². The van der Waals surface area contributed by atoms with E-state index in [1.807, 2.05) is 24.3 Å². The molecule has 0 atom stereocenters. The Labute approximate surface area is 214 Å². The summed E-state index contributed by atoms with van der Waals surface area (Å²) in [6, 6.07) is 44.8. The molecule has 170 valence electrons. The Morgan fingerprint density at radius 3 is 1.75 bits per heavy atom. The van der Waals surface area contributed by atoms with Gasteiger partial charge in [0.05, 0.1) is 16.4 Å². The molecule has 0 aliphatic heterocycles. The molecule has 3 heteroatoms. The van der Waals surface area contributed by atoms with E-state index >= 15 is 0 Å². The van der Waals surface area contributed by atoms with E-state index in [0.717, 1.165) is 16.6 Å².